The lowest BCUT2D eigenvalue weighted by Gasteiger charge is -2.26. The van der Waals surface area contributed by atoms with Crippen LogP contribution in [0.2, 0.25) is 0 Å². The summed E-state index contributed by atoms with van der Waals surface area (Å²) in [5.74, 6) is 0.243. The van der Waals surface area contributed by atoms with Crippen LogP contribution in [0.4, 0.5) is 17.1 Å². The molecule has 2 aromatic heterocycles. The van der Waals surface area contributed by atoms with E-state index in [1.54, 1.807) is 0 Å². The summed E-state index contributed by atoms with van der Waals surface area (Å²) in [6, 6.07) is 61.9. The molecule has 1 atom stereocenters. The molecule has 10 rings (SSSR count). The third kappa shape index (κ3) is 5.41. The molecule has 0 N–H and O–H groups in total. The molecule has 0 saturated heterocycles. The highest BCUT2D eigenvalue weighted by molar-refractivity contribution is 7.25. The van der Waals surface area contributed by atoms with E-state index in [1.165, 1.54) is 69.9 Å². The molecular weight excluding hydrogens is 675 g/mol. The second-order valence-electron chi connectivity index (χ2n) is 14.2. The molecule has 54 heavy (non-hydrogen) atoms. The lowest BCUT2D eigenvalue weighted by molar-refractivity contribution is 0.710. The summed E-state index contributed by atoms with van der Waals surface area (Å²) in [5.41, 5.74) is 12.5. The number of hydrogen-bond donors (Lipinski definition) is 0. The van der Waals surface area contributed by atoms with Crippen LogP contribution in [0.5, 0.6) is 0 Å². The number of aromatic nitrogens is 1. The van der Waals surface area contributed by atoms with Gasteiger partial charge in [-0.2, -0.15) is 5.26 Å². The van der Waals surface area contributed by atoms with E-state index in [-0.39, 0.29) is 5.92 Å². The third-order valence-corrected chi connectivity index (χ3v) is 12.0. The van der Waals surface area contributed by atoms with Crippen molar-refractivity contribution in [1.29, 1.82) is 5.26 Å². The molecule has 0 fully saturated rings. The molecule has 1 unspecified atom stereocenters. The van der Waals surface area contributed by atoms with Crippen molar-refractivity contribution in [2.24, 2.45) is 5.92 Å². The number of anilines is 3. The van der Waals surface area contributed by atoms with E-state index >= 15 is 0 Å². The van der Waals surface area contributed by atoms with Gasteiger partial charge in [-0.05, 0) is 108 Å². The predicted octanol–water partition coefficient (Wildman–Crippen LogP) is 14.3. The highest BCUT2D eigenvalue weighted by Gasteiger charge is 2.22. The maximum atomic E-state index is 9.53. The first-order chi connectivity index (χ1) is 26.6. The smallest absolute Gasteiger partial charge is 0.0947 e. The summed E-state index contributed by atoms with van der Waals surface area (Å²) in [6.45, 7) is 2.22. The molecule has 3 nitrogen and oxygen atoms in total. The lowest BCUT2D eigenvalue weighted by atomic mass is 9.93. The van der Waals surface area contributed by atoms with E-state index in [0.29, 0.717) is 0 Å². The Hall–Kier alpha value is -6.67. The van der Waals surface area contributed by atoms with Crippen LogP contribution in [0.1, 0.15) is 13.3 Å². The van der Waals surface area contributed by atoms with Gasteiger partial charge in [-0.15, -0.1) is 11.3 Å². The summed E-state index contributed by atoms with van der Waals surface area (Å²) in [4.78, 5) is 2.37. The molecule has 2 heterocycles. The molecule has 9 aromatic rings. The van der Waals surface area contributed by atoms with Gasteiger partial charge in [0.1, 0.15) is 0 Å². The van der Waals surface area contributed by atoms with Crippen molar-refractivity contribution in [3.63, 3.8) is 0 Å². The van der Waals surface area contributed by atoms with Crippen LogP contribution < -0.4 is 4.90 Å². The molecular formula is C50H35N3S. The first kappa shape index (κ1) is 32.0. The SMILES string of the molecule is CC1CC(C#N)=CC=C1n1c2ccccc2c2cc(-c3ccc(N(c4ccc(-c5ccccc5)cc4)c4ccc5sc6ccccc6c5c4)cc3)ccc21. The number of para-hydroxylation sites is 1. The molecule has 0 amide bonds. The second-order valence-corrected chi connectivity index (χ2v) is 15.2. The van der Waals surface area contributed by atoms with Crippen LogP contribution >= 0.6 is 11.3 Å². The van der Waals surface area contributed by atoms with E-state index in [1.807, 2.05) is 17.4 Å². The number of thiophene rings is 1. The van der Waals surface area contributed by atoms with Gasteiger partial charge >= 0.3 is 0 Å². The van der Waals surface area contributed by atoms with E-state index < -0.39 is 0 Å². The highest BCUT2D eigenvalue weighted by atomic mass is 32.1. The minimum atomic E-state index is 0.243. The maximum Gasteiger partial charge on any atom is 0.0947 e. The molecule has 0 bridgehead atoms. The number of nitrogens with zero attached hydrogens (tertiary/aromatic N) is 3. The molecule has 0 saturated carbocycles. The number of fused-ring (bicyclic) bond motifs is 6. The first-order valence-corrected chi connectivity index (χ1v) is 19.3. The van der Waals surface area contributed by atoms with Crippen molar-refractivity contribution >= 4 is 76.1 Å². The van der Waals surface area contributed by atoms with Crippen LogP contribution in [-0.2, 0) is 0 Å². The summed E-state index contributed by atoms with van der Waals surface area (Å²) in [5, 5.41) is 14.6. The van der Waals surface area contributed by atoms with Crippen LogP contribution in [0.3, 0.4) is 0 Å². The quantitative estimate of drug-likeness (QED) is 0.172. The average molecular weight is 710 g/mol. The van der Waals surface area contributed by atoms with E-state index in [4.69, 9.17) is 0 Å². The number of benzene rings is 7. The zero-order valence-electron chi connectivity index (χ0n) is 29.8. The van der Waals surface area contributed by atoms with Crippen LogP contribution in [0, 0.1) is 17.2 Å². The molecule has 0 radical (unpaired) electrons. The van der Waals surface area contributed by atoms with Gasteiger partial charge in [0.15, 0.2) is 0 Å². The Kier molecular flexibility index (Phi) is 7.75. The second kappa shape index (κ2) is 13.1. The van der Waals surface area contributed by atoms with Gasteiger partial charge < -0.3 is 9.47 Å². The molecule has 4 heteroatoms. The highest BCUT2D eigenvalue weighted by Crippen LogP contribution is 2.43. The molecule has 1 aliphatic carbocycles. The molecule has 0 spiro atoms. The van der Waals surface area contributed by atoms with Crippen molar-refractivity contribution in [3.05, 3.63) is 182 Å². The predicted molar refractivity (Wildman–Crippen MR) is 230 cm³/mol. The number of nitriles is 1. The Bertz CT molecular complexity index is 2970. The fourth-order valence-corrected chi connectivity index (χ4v) is 9.28. The molecule has 7 aromatic carbocycles. The molecule has 1 aliphatic rings. The van der Waals surface area contributed by atoms with Gasteiger partial charge in [-0.25, -0.2) is 0 Å². The number of hydrogen-bond acceptors (Lipinski definition) is 3. The van der Waals surface area contributed by atoms with Crippen molar-refractivity contribution in [1.82, 2.24) is 4.57 Å². The van der Waals surface area contributed by atoms with Crippen LogP contribution in [0.25, 0.3) is 69.9 Å². The fraction of sp³-hybridized carbons (Fsp3) is 0.0600. The van der Waals surface area contributed by atoms with Gasteiger partial charge in [0.2, 0.25) is 0 Å². The molecule has 0 aliphatic heterocycles. The van der Waals surface area contributed by atoms with Gasteiger partial charge in [0.25, 0.3) is 0 Å². The Balaban J connectivity index is 1.06. The summed E-state index contributed by atoms with van der Waals surface area (Å²) >= 11 is 1.85. The van der Waals surface area contributed by atoms with E-state index in [2.05, 4.69) is 192 Å². The van der Waals surface area contributed by atoms with Gasteiger partial charge in [-0.1, -0.05) is 104 Å². The minimum Gasteiger partial charge on any atom is -0.313 e. The Morgan fingerprint density at radius 1 is 0.537 bits per heavy atom. The zero-order valence-corrected chi connectivity index (χ0v) is 30.6. The van der Waals surface area contributed by atoms with Crippen molar-refractivity contribution < 1.29 is 0 Å². The topological polar surface area (TPSA) is 32.0 Å². The third-order valence-electron chi connectivity index (χ3n) is 10.9. The van der Waals surface area contributed by atoms with E-state index in [9.17, 15) is 5.26 Å². The maximum absolute atomic E-state index is 9.53. The average Bonchev–Trinajstić information content (AvgIpc) is 3.77. The van der Waals surface area contributed by atoms with Gasteiger partial charge in [0.05, 0.1) is 17.1 Å². The lowest BCUT2D eigenvalue weighted by Crippen LogP contribution is -2.10. The van der Waals surface area contributed by atoms with E-state index in [0.717, 1.165) is 29.1 Å². The minimum absolute atomic E-state index is 0.243. The summed E-state index contributed by atoms with van der Waals surface area (Å²) < 4.78 is 4.99. The van der Waals surface area contributed by atoms with Crippen LogP contribution in [0.15, 0.2) is 182 Å². The largest absolute Gasteiger partial charge is 0.313 e. The molecule has 256 valence electrons. The standard InChI is InChI=1S/C50H35N3S/c1-33-29-34(32-51)15-26-46(33)53-47-13-7-5-11-42(47)44-30-38(20-27-48(44)53)37-18-23-40(24-19-37)52(39-21-16-36(17-22-39)35-9-3-2-4-10-35)41-25-28-50-45(31-41)43-12-6-8-14-49(43)54-50/h2-28,30-31,33H,29H2,1H3. The van der Waals surface area contributed by atoms with Gasteiger partial charge in [-0.3, -0.25) is 0 Å². The number of allylic oxidation sites excluding steroid dienone is 4. The first-order valence-electron chi connectivity index (χ1n) is 18.4. The Labute approximate surface area is 318 Å². The van der Waals surface area contributed by atoms with Gasteiger partial charge in [0, 0.05) is 65.2 Å². The van der Waals surface area contributed by atoms with Crippen molar-refractivity contribution in [2.75, 3.05) is 4.90 Å². The van der Waals surface area contributed by atoms with Crippen LogP contribution in [-0.4, -0.2) is 4.57 Å². The Morgan fingerprint density at radius 2 is 1.13 bits per heavy atom. The van der Waals surface area contributed by atoms with Crippen molar-refractivity contribution in [3.8, 4) is 28.3 Å². The van der Waals surface area contributed by atoms with Crippen molar-refractivity contribution in [2.45, 2.75) is 13.3 Å². The Morgan fingerprint density at radius 3 is 1.87 bits per heavy atom. The summed E-state index contributed by atoms with van der Waals surface area (Å²) in [7, 11) is 0. The summed E-state index contributed by atoms with van der Waals surface area (Å²) in [6.07, 6.45) is 4.87. The fourth-order valence-electron chi connectivity index (χ4n) is 8.20. The number of rotatable bonds is 6. The monoisotopic (exact) mass is 709 g/mol. The zero-order chi connectivity index (χ0) is 36.2. The normalized spacial score (nSPS) is 14.3.